The molecule has 142 valence electrons. The zero-order valence-corrected chi connectivity index (χ0v) is 16.3. The maximum Gasteiger partial charge on any atom is 0.186 e. The van der Waals surface area contributed by atoms with E-state index in [0.717, 1.165) is 30.7 Å². The van der Waals surface area contributed by atoms with Gasteiger partial charge in [0.2, 0.25) is 0 Å². The number of ketones is 1. The van der Waals surface area contributed by atoms with Crippen LogP contribution in [0.1, 0.15) is 46.5 Å². The first-order valence-corrected chi connectivity index (χ1v) is 9.25. The molecule has 0 amide bonds. The van der Waals surface area contributed by atoms with Gasteiger partial charge in [0.15, 0.2) is 5.78 Å². The van der Waals surface area contributed by atoms with Crippen LogP contribution < -0.4 is 0 Å². The topological polar surface area (TPSA) is 29.5 Å². The van der Waals surface area contributed by atoms with Crippen molar-refractivity contribution in [3.05, 3.63) is 59.8 Å². The number of Topliss-reactive ketones (excluding diaryl/α,β-unsaturated/α-hetero) is 1. The Morgan fingerprint density at radius 3 is 2.77 bits per heavy atom. The van der Waals surface area contributed by atoms with E-state index in [9.17, 15) is 9.18 Å². The second kappa shape index (κ2) is 8.63. The number of rotatable bonds is 7. The van der Waals surface area contributed by atoms with Gasteiger partial charge in [0.05, 0.1) is 11.9 Å². The Hall–Kier alpha value is -1.94. The average molecular weight is 359 g/mol. The predicted octanol–water partition coefficient (Wildman–Crippen LogP) is 5.24. The minimum atomic E-state index is -0.424. The van der Waals surface area contributed by atoms with E-state index in [1.54, 1.807) is 13.2 Å². The second-order valence-corrected chi connectivity index (χ2v) is 7.50. The summed E-state index contributed by atoms with van der Waals surface area (Å²) >= 11 is 0. The molecule has 3 nitrogen and oxygen atoms in total. The molecule has 0 aromatic heterocycles. The molecule has 1 heterocycles. The normalized spacial score (nSPS) is 22.7. The van der Waals surface area contributed by atoms with E-state index in [4.69, 9.17) is 4.74 Å². The zero-order valence-electron chi connectivity index (χ0n) is 16.3. The third-order valence-electron chi connectivity index (χ3n) is 5.15. The third kappa shape index (κ3) is 4.82. The molecule has 0 saturated carbocycles. The Morgan fingerprint density at radius 2 is 2.23 bits per heavy atom. The van der Waals surface area contributed by atoms with Crippen molar-refractivity contribution in [3.8, 4) is 0 Å². The van der Waals surface area contributed by atoms with Gasteiger partial charge in [0.1, 0.15) is 0 Å². The molecule has 0 bridgehead atoms. The van der Waals surface area contributed by atoms with E-state index in [0.29, 0.717) is 12.0 Å². The molecular weight excluding hydrogens is 329 g/mol. The van der Waals surface area contributed by atoms with Crippen molar-refractivity contribution in [1.29, 1.82) is 0 Å². The zero-order chi connectivity index (χ0) is 19.3. The highest BCUT2D eigenvalue weighted by Crippen LogP contribution is 2.38. The van der Waals surface area contributed by atoms with E-state index < -0.39 is 5.83 Å². The van der Waals surface area contributed by atoms with E-state index in [-0.39, 0.29) is 23.7 Å². The Bertz CT molecular complexity index is 682. The van der Waals surface area contributed by atoms with Crippen LogP contribution in [0.2, 0.25) is 0 Å². The van der Waals surface area contributed by atoms with Crippen LogP contribution >= 0.6 is 0 Å². The van der Waals surface area contributed by atoms with Crippen molar-refractivity contribution >= 4 is 5.78 Å². The van der Waals surface area contributed by atoms with Crippen LogP contribution in [0.5, 0.6) is 0 Å². The Morgan fingerprint density at radius 1 is 1.50 bits per heavy atom. The summed E-state index contributed by atoms with van der Waals surface area (Å²) in [5.41, 5.74) is 2.32. The Kier molecular flexibility index (Phi) is 6.76. The van der Waals surface area contributed by atoms with Gasteiger partial charge in [0, 0.05) is 37.5 Å². The summed E-state index contributed by atoms with van der Waals surface area (Å²) in [6, 6.07) is 0. The maximum atomic E-state index is 13.1. The van der Waals surface area contributed by atoms with E-state index >= 15 is 0 Å². The fraction of sp³-hybridized carbons (Fsp3) is 0.500. The highest BCUT2D eigenvalue weighted by atomic mass is 19.1. The number of allylic oxidation sites excluding steroid dienone is 5. The molecule has 1 aliphatic carbocycles. The number of halogens is 1. The van der Waals surface area contributed by atoms with Crippen LogP contribution in [0.25, 0.3) is 0 Å². The molecule has 0 radical (unpaired) electrons. The van der Waals surface area contributed by atoms with Crippen molar-refractivity contribution < 1.29 is 13.9 Å². The number of carbonyl (C=O) groups is 1. The van der Waals surface area contributed by atoms with Crippen molar-refractivity contribution in [3.63, 3.8) is 0 Å². The van der Waals surface area contributed by atoms with Gasteiger partial charge >= 0.3 is 0 Å². The van der Waals surface area contributed by atoms with Crippen molar-refractivity contribution in [2.24, 2.45) is 5.41 Å². The minimum absolute atomic E-state index is 0.0126. The van der Waals surface area contributed by atoms with E-state index in [1.165, 1.54) is 0 Å². The van der Waals surface area contributed by atoms with Gasteiger partial charge in [0.25, 0.3) is 0 Å². The molecule has 1 unspecified atom stereocenters. The quantitative estimate of drug-likeness (QED) is 0.582. The molecular formula is C22H30FNO2. The van der Waals surface area contributed by atoms with Crippen molar-refractivity contribution in [1.82, 2.24) is 4.90 Å². The van der Waals surface area contributed by atoms with Gasteiger partial charge in [-0.3, -0.25) is 4.79 Å². The van der Waals surface area contributed by atoms with Gasteiger partial charge in [-0.15, -0.1) is 0 Å². The molecule has 0 aromatic rings. The first-order valence-electron chi connectivity index (χ1n) is 9.25. The lowest BCUT2D eigenvalue weighted by molar-refractivity contribution is -0.113. The molecule has 26 heavy (non-hydrogen) atoms. The number of methoxy groups -OCH3 is 1. The van der Waals surface area contributed by atoms with Crippen LogP contribution in [0.3, 0.4) is 0 Å². The minimum Gasteiger partial charge on any atom is -0.377 e. The highest BCUT2D eigenvalue weighted by molar-refractivity contribution is 6.09. The number of carbonyl (C=O) groups excluding carboxylic acids is 1. The van der Waals surface area contributed by atoms with Gasteiger partial charge in [-0.25, -0.2) is 4.39 Å². The number of ether oxygens (including phenoxy) is 1. The van der Waals surface area contributed by atoms with Crippen LogP contribution in [0.4, 0.5) is 4.39 Å². The molecule has 1 atom stereocenters. The standard InChI is InChI=1S/C22H30FNO2/c1-6-17(8-7-16(2)23)21(25)20-15-24(14-13-22(20,3)4)18-9-11-19(26-5)12-10-18/h8-11,15,19H,2,6-7,12-14H2,1,3-5H3/b17-8+. The summed E-state index contributed by atoms with van der Waals surface area (Å²) in [6.45, 7) is 10.3. The lowest BCUT2D eigenvalue weighted by Gasteiger charge is -2.38. The first-order chi connectivity index (χ1) is 12.3. The fourth-order valence-electron chi connectivity index (χ4n) is 3.28. The fourth-order valence-corrected chi connectivity index (χ4v) is 3.28. The molecule has 4 heteroatoms. The summed E-state index contributed by atoms with van der Waals surface area (Å²) in [4.78, 5) is 15.3. The van der Waals surface area contributed by atoms with Crippen LogP contribution in [-0.4, -0.2) is 30.4 Å². The van der Waals surface area contributed by atoms with Gasteiger partial charge in [-0.05, 0) is 36.3 Å². The van der Waals surface area contributed by atoms with Crippen LogP contribution in [0, 0.1) is 5.41 Å². The number of hydrogen-bond donors (Lipinski definition) is 0. The molecule has 0 N–H and O–H groups in total. The molecule has 0 saturated heterocycles. The monoisotopic (exact) mass is 359 g/mol. The van der Waals surface area contributed by atoms with Gasteiger partial charge in [-0.2, -0.15) is 0 Å². The van der Waals surface area contributed by atoms with Crippen LogP contribution in [0.15, 0.2) is 59.8 Å². The smallest absolute Gasteiger partial charge is 0.186 e. The average Bonchev–Trinajstić information content (AvgIpc) is 2.61. The molecule has 2 rings (SSSR count). The Labute approximate surface area is 156 Å². The molecule has 0 aromatic carbocycles. The Balaban J connectivity index is 2.28. The third-order valence-corrected chi connectivity index (χ3v) is 5.15. The summed E-state index contributed by atoms with van der Waals surface area (Å²) in [5, 5.41) is 0. The molecule has 0 fully saturated rings. The lowest BCUT2D eigenvalue weighted by atomic mass is 9.75. The highest BCUT2D eigenvalue weighted by Gasteiger charge is 2.34. The molecule has 1 aliphatic heterocycles. The van der Waals surface area contributed by atoms with Crippen molar-refractivity contribution in [2.75, 3.05) is 13.7 Å². The molecule has 0 spiro atoms. The number of hydrogen-bond acceptors (Lipinski definition) is 3. The molecule has 2 aliphatic rings. The predicted molar refractivity (Wildman–Crippen MR) is 104 cm³/mol. The summed E-state index contributed by atoms with van der Waals surface area (Å²) in [5.74, 6) is -0.411. The number of nitrogens with zero attached hydrogens (tertiary/aromatic N) is 1. The summed E-state index contributed by atoms with van der Waals surface area (Å²) in [6.07, 6.45) is 12.4. The second-order valence-electron chi connectivity index (χ2n) is 7.50. The maximum absolute atomic E-state index is 13.1. The van der Waals surface area contributed by atoms with E-state index in [2.05, 4.69) is 43.6 Å². The summed E-state index contributed by atoms with van der Waals surface area (Å²) < 4.78 is 18.4. The van der Waals surface area contributed by atoms with Crippen LogP contribution in [-0.2, 0) is 9.53 Å². The van der Waals surface area contributed by atoms with Crippen molar-refractivity contribution in [2.45, 2.75) is 52.6 Å². The first kappa shape index (κ1) is 20.4. The van der Waals surface area contributed by atoms with Gasteiger partial charge in [-0.1, -0.05) is 45.6 Å². The van der Waals surface area contributed by atoms with E-state index in [1.807, 2.05) is 13.1 Å². The van der Waals surface area contributed by atoms with Gasteiger partial charge < -0.3 is 9.64 Å². The largest absolute Gasteiger partial charge is 0.377 e. The lowest BCUT2D eigenvalue weighted by Crippen LogP contribution is -2.35. The summed E-state index contributed by atoms with van der Waals surface area (Å²) in [7, 11) is 1.71. The SMILES string of the molecule is C=C(F)C/C=C(\CC)C(=O)C1=CN(C2=CCC(OC)C=C2)CCC1(C)C.